The normalized spacial score (nSPS) is 17.9. The second kappa shape index (κ2) is 6.14. The van der Waals surface area contributed by atoms with E-state index in [0.717, 1.165) is 17.8 Å². The smallest absolute Gasteiger partial charge is 0.433 e. The number of aryl methyl sites for hydroxylation is 1. The number of rotatable bonds is 2. The summed E-state index contributed by atoms with van der Waals surface area (Å²) < 4.78 is 67.9. The van der Waals surface area contributed by atoms with Crippen LogP contribution in [0.25, 0.3) is 0 Å². The first-order chi connectivity index (χ1) is 11.7. The summed E-state index contributed by atoms with van der Waals surface area (Å²) in [6.45, 7) is 1.82. The lowest BCUT2D eigenvalue weighted by Crippen LogP contribution is -2.17. The summed E-state index contributed by atoms with van der Waals surface area (Å²) in [5.41, 5.74) is 0.204. The van der Waals surface area contributed by atoms with Gasteiger partial charge < -0.3 is 4.74 Å². The molecule has 0 saturated carbocycles. The van der Waals surface area contributed by atoms with E-state index in [0.29, 0.717) is 5.56 Å². The molecule has 25 heavy (non-hydrogen) atoms. The first-order valence-corrected chi connectivity index (χ1v) is 8.72. The average molecular weight is 370 g/mol. The van der Waals surface area contributed by atoms with E-state index < -0.39 is 33.0 Å². The number of alkyl halides is 3. The predicted molar refractivity (Wildman–Crippen MR) is 83.7 cm³/mol. The molecule has 1 unspecified atom stereocenters. The van der Waals surface area contributed by atoms with Crippen molar-refractivity contribution in [2.75, 3.05) is 6.54 Å². The van der Waals surface area contributed by atoms with Crippen LogP contribution in [0.3, 0.4) is 0 Å². The van der Waals surface area contributed by atoms with Crippen LogP contribution in [0.2, 0.25) is 0 Å². The maximum Gasteiger partial charge on any atom is 0.433 e. The predicted octanol–water partition coefficient (Wildman–Crippen LogP) is 3.31. The van der Waals surface area contributed by atoms with E-state index in [1.54, 1.807) is 12.1 Å². The number of nitrogens with zero attached hydrogens (tertiary/aromatic N) is 2. The molecule has 1 aliphatic rings. The minimum atomic E-state index is -4.54. The summed E-state index contributed by atoms with van der Waals surface area (Å²) in [5, 5.41) is -0.443. The van der Waals surface area contributed by atoms with E-state index >= 15 is 0 Å². The fourth-order valence-corrected chi connectivity index (χ4v) is 3.44. The molecule has 1 aromatic heterocycles. The van der Waals surface area contributed by atoms with Gasteiger partial charge in [0, 0.05) is 11.8 Å². The lowest BCUT2D eigenvalue weighted by Gasteiger charge is -2.12. The molecule has 0 N–H and O–H groups in total. The quantitative estimate of drug-likeness (QED) is 0.813. The van der Waals surface area contributed by atoms with Crippen molar-refractivity contribution in [3.8, 4) is 0 Å². The standard InChI is InChI=1S/C16H13F3N2O3S/c1-10-2-5-12(6-3-10)25(22,23)15-21-9-13(24-15)11-4-7-14(20-8-11)16(17,18)19/h2-8,13H,9H2,1H3. The third kappa shape index (κ3) is 3.51. The summed E-state index contributed by atoms with van der Waals surface area (Å²) in [4.78, 5) is 7.28. The van der Waals surface area contributed by atoms with Crippen molar-refractivity contribution >= 4 is 15.1 Å². The molecule has 0 radical (unpaired) electrons. The van der Waals surface area contributed by atoms with Crippen molar-refractivity contribution in [1.82, 2.24) is 4.98 Å². The van der Waals surface area contributed by atoms with Crippen molar-refractivity contribution in [2.45, 2.75) is 24.1 Å². The van der Waals surface area contributed by atoms with Gasteiger partial charge in [0.05, 0.1) is 11.4 Å². The van der Waals surface area contributed by atoms with Crippen LogP contribution in [0.5, 0.6) is 0 Å². The number of benzene rings is 1. The van der Waals surface area contributed by atoms with Crippen LogP contribution in [0.1, 0.15) is 22.9 Å². The minimum absolute atomic E-state index is 0.00648. The molecule has 132 valence electrons. The number of sulfone groups is 1. The van der Waals surface area contributed by atoms with Gasteiger partial charge in [-0.2, -0.15) is 13.2 Å². The monoisotopic (exact) mass is 370 g/mol. The molecule has 1 atom stereocenters. The molecule has 0 aliphatic carbocycles. The summed E-state index contributed by atoms with van der Waals surface area (Å²) in [6.07, 6.45) is -4.30. The molecule has 3 rings (SSSR count). The second-order valence-corrected chi connectivity index (χ2v) is 7.33. The van der Waals surface area contributed by atoms with E-state index in [-0.39, 0.29) is 11.4 Å². The van der Waals surface area contributed by atoms with Crippen molar-refractivity contribution in [1.29, 1.82) is 0 Å². The van der Waals surface area contributed by atoms with Crippen LogP contribution in [0, 0.1) is 6.92 Å². The zero-order chi connectivity index (χ0) is 18.2. The largest absolute Gasteiger partial charge is 0.459 e. The van der Waals surface area contributed by atoms with E-state index in [4.69, 9.17) is 4.74 Å². The summed E-state index contributed by atoms with van der Waals surface area (Å²) >= 11 is 0. The van der Waals surface area contributed by atoms with Crippen LogP contribution in [-0.4, -0.2) is 25.2 Å². The molecule has 0 spiro atoms. The van der Waals surface area contributed by atoms with Gasteiger partial charge in [-0.1, -0.05) is 23.8 Å². The molecule has 1 aliphatic heterocycles. The number of aliphatic imine (C=N–C) groups is 1. The average Bonchev–Trinajstić information content (AvgIpc) is 3.05. The first kappa shape index (κ1) is 17.4. The summed E-state index contributed by atoms with van der Waals surface area (Å²) in [7, 11) is -3.90. The Labute approximate surface area is 142 Å². The summed E-state index contributed by atoms with van der Waals surface area (Å²) in [5.74, 6) is 0. The second-order valence-electron chi connectivity index (χ2n) is 5.50. The van der Waals surface area contributed by atoms with E-state index in [1.807, 2.05) is 6.92 Å². The summed E-state index contributed by atoms with van der Waals surface area (Å²) in [6, 6.07) is 8.23. The number of aromatic nitrogens is 1. The molecular weight excluding hydrogens is 357 g/mol. The van der Waals surface area contributed by atoms with Gasteiger partial charge >= 0.3 is 11.4 Å². The van der Waals surface area contributed by atoms with Crippen molar-refractivity contribution in [3.63, 3.8) is 0 Å². The van der Waals surface area contributed by atoms with Gasteiger partial charge in [0.15, 0.2) is 0 Å². The molecule has 2 heterocycles. The highest BCUT2D eigenvalue weighted by Gasteiger charge is 2.35. The van der Waals surface area contributed by atoms with Crippen molar-refractivity contribution < 1.29 is 26.3 Å². The molecule has 9 heteroatoms. The molecule has 1 aromatic carbocycles. The van der Waals surface area contributed by atoms with Crippen LogP contribution in [-0.2, 0) is 20.8 Å². The van der Waals surface area contributed by atoms with Gasteiger partial charge in [-0.05, 0) is 25.1 Å². The Morgan fingerprint density at radius 1 is 1.12 bits per heavy atom. The maximum atomic E-state index is 12.5. The van der Waals surface area contributed by atoms with E-state index in [2.05, 4.69) is 9.98 Å². The van der Waals surface area contributed by atoms with Crippen LogP contribution >= 0.6 is 0 Å². The fraction of sp³-hybridized carbons (Fsp3) is 0.250. The number of hydrogen-bond acceptors (Lipinski definition) is 5. The zero-order valence-corrected chi connectivity index (χ0v) is 13.8. The number of hydrogen-bond donors (Lipinski definition) is 0. The Balaban J connectivity index is 1.78. The fourth-order valence-electron chi connectivity index (χ4n) is 2.26. The highest BCUT2D eigenvalue weighted by atomic mass is 32.2. The first-order valence-electron chi connectivity index (χ1n) is 7.24. The lowest BCUT2D eigenvalue weighted by molar-refractivity contribution is -0.141. The molecule has 0 bridgehead atoms. The van der Waals surface area contributed by atoms with Crippen molar-refractivity contribution in [2.24, 2.45) is 4.99 Å². The van der Waals surface area contributed by atoms with Gasteiger partial charge in [-0.25, -0.2) is 13.4 Å². The Morgan fingerprint density at radius 3 is 2.36 bits per heavy atom. The molecular formula is C16H13F3N2O3S. The Kier molecular flexibility index (Phi) is 4.28. The molecule has 0 amide bonds. The van der Waals surface area contributed by atoms with Crippen molar-refractivity contribution in [3.05, 3.63) is 59.4 Å². The molecule has 2 aromatic rings. The van der Waals surface area contributed by atoms with Gasteiger partial charge in [-0.15, -0.1) is 0 Å². The van der Waals surface area contributed by atoms with Crippen LogP contribution in [0.15, 0.2) is 52.5 Å². The Hall–Kier alpha value is -2.42. The van der Waals surface area contributed by atoms with Crippen LogP contribution < -0.4 is 0 Å². The number of halogens is 3. The maximum absolute atomic E-state index is 12.5. The number of ether oxygens (including phenoxy) is 1. The van der Waals surface area contributed by atoms with Gasteiger partial charge in [0.2, 0.25) is 0 Å². The molecule has 0 fully saturated rings. The third-order valence-electron chi connectivity index (χ3n) is 3.64. The van der Waals surface area contributed by atoms with E-state index in [1.165, 1.54) is 18.2 Å². The third-order valence-corrected chi connectivity index (χ3v) is 5.22. The highest BCUT2D eigenvalue weighted by Crippen LogP contribution is 2.30. The van der Waals surface area contributed by atoms with E-state index in [9.17, 15) is 21.6 Å². The Bertz CT molecular complexity index is 905. The lowest BCUT2D eigenvalue weighted by atomic mass is 10.1. The highest BCUT2D eigenvalue weighted by molar-refractivity contribution is 8.06. The van der Waals surface area contributed by atoms with Crippen LogP contribution in [0.4, 0.5) is 13.2 Å². The van der Waals surface area contributed by atoms with Gasteiger partial charge in [-0.3, -0.25) is 4.98 Å². The zero-order valence-electron chi connectivity index (χ0n) is 13.0. The number of pyridine rings is 1. The van der Waals surface area contributed by atoms with Gasteiger partial charge in [0.25, 0.3) is 9.84 Å². The minimum Gasteiger partial charge on any atom is -0.459 e. The Morgan fingerprint density at radius 2 is 1.80 bits per heavy atom. The topological polar surface area (TPSA) is 68.6 Å². The molecule has 0 saturated heterocycles. The van der Waals surface area contributed by atoms with Gasteiger partial charge in [0.1, 0.15) is 11.8 Å². The molecule has 5 nitrogen and oxygen atoms in total. The SMILES string of the molecule is Cc1ccc(S(=O)(=O)C2=NCC(c3ccc(C(F)(F)F)nc3)O2)cc1.